The van der Waals surface area contributed by atoms with Gasteiger partial charge in [0.15, 0.2) is 0 Å². The first-order valence-electron chi connectivity index (χ1n) is 11.6. The molecule has 6 nitrogen and oxygen atoms in total. The van der Waals surface area contributed by atoms with E-state index in [9.17, 15) is 14.4 Å². The Morgan fingerprint density at radius 1 is 0.941 bits per heavy atom. The molecule has 1 fully saturated rings. The zero-order chi connectivity index (χ0) is 24.1. The van der Waals surface area contributed by atoms with Crippen LogP contribution in [0.25, 0.3) is 0 Å². The lowest BCUT2D eigenvalue weighted by Crippen LogP contribution is -2.29. The topological polar surface area (TPSA) is 78.5 Å². The van der Waals surface area contributed by atoms with Crippen molar-refractivity contribution in [1.29, 1.82) is 0 Å². The van der Waals surface area contributed by atoms with Gasteiger partial charge in [-0.25, -0.2) is 0 Å². The van der Waals surface area contributed by atoms with Crippen LogP contribution in [0.2, 0.25) is 0 Å². The first-order valence-corrected chi connectivity index (χ1v) is 11.6. The monoisotopic (exact) mass is 455 g/mol. The second kappa shape index (κ2) is 10.3. The summed E-state index contributed by atoms with van der Waals surface area (Å²) in [6.07, 6.45) is 1.07. The summed E-state index contributed by atoms with van der Waals surface area (Å²) in [5.41, 5.74) is 4.98. The Morgan fingerprint density at radius 2 is 1.62 bits per heavy atom. The van der Waals surface area contributed by atoms with Gasteiger partial charge in [0.1, 0.15) is 0 Å². The van der Waals surface area contributed by atoms with Gasteiger partial charge in [0.25, 0.3) is 5.91 Å². The van der Waals surface area contributed by atoms with Crippen LogP contribution < -0.4 is 15.5 Å². The minimum absolute atomic E-state index is 0.0754. The molecule has 0 aliphatic carbocycles. The number of rotatable bonds is 7. The number of amides is 3. The Morgan fingerprint density at radius 3 is 2.32 bits per heavy atom. The van der Waals surface area contributed by atoms with Gasteiger partial charge in [-0.05, 0) is 48.7 Å². The number of carbonyl (C=O) groups excluding carboxylic acids is 3. The van der Waals surface area contributed by atoms with Gasteiger partial charge in [0, 0.05) is 25.2 Å². The molecule has 0 saturated carbocycles. The minimum Gasteiger partial charge on any atom is -0.348 e. The van der Waals surface area contributed by atoms with Crippen molar-refractivity contribution in [2.75, 3.05) is 16.8 Å². The Kier molecular flexibility index (Phi) is 7.07. The van der Waals surface area contributed by atoms with Crippen LogP contribution in [0.4, 0.5) is 11.4 Å². The van der Waals surface area contributed by atoms with E-state index in [1.54, 1.807) is 29.2 Å². The number of aryl methyl sites for hydroxylation is 2. The van der Waals surface area contributed by atoms with Crippen LogP contribution in [0.1, 0.15) is 40.4 Å². The van der Waals surface area contributed by atoms with Crippen LogP contribution in [0.15, 0.2) is 72.8 Å². The van der Waals surface area contributed by atoms with Crippen LogP contribution in [0.3, 0.4) is 0 Å². The molecule has 1 atom stereocenters. The van der Waals surface area contributed by atoms with Crippen LogP contribution in [0, 0.1) is 12.8 Å². The third kappa shape index (κ3) is 5.34. The fourth-order valence-corrected chi connectivity index (χ4v) is 4.05. The van der Waals surface area contributed by atoms with Gasteiger partial charge in [0.05, 0.1) is 17.2 Å². The van der Waals surface area contributed by atoms with Gasteiger partial charge < -0.3 is 15.5 Å². The van der Waals surface area contributed by atoms with E-state index >= 15 is 0 Å². The minimum atomic E-state index is -0.484. The van der Waals surface area contributed by atoms with E-state index in [0.29, 0.717) is 24.3 Å². The highest BCUT2D eigenvalue weighted by molar-refractivity contribution is 6.07. The molecule has 34 heavy (non-hydrogen) atoms. The molecule has 1 saturated heterocycles. The number of hydrogen-bond donors (Lipinski definition) is 2. The molecule has 3 aromatic rings. The van der Waals surface area contributed by atoms with E-state index in [-0.39, 0.29) is 24.1 Å². The molecule has 1 aliphatic heterocycles. The van der Waals surface area contributed by atoms with E-state index in [1.807, 2.05) is 55.5 Å². The highest BCUT2D eigenvalue weighted by atomic mass is 16.2. The summed E-state index contributed by atoms with van der Waals surface area (Å²) < 4.78 is 0. The van der Waals surface area contributed by atoms with Crippen LogP contribution in [-0.4, -0.2) is 24.3 Å². The molecular weight excluding hydrogens is 426 g/mol. The van der Waals surface area contributed by atoms with Crippen molar-refractivity contribution >= 4 is 29.1 Å². The Bertz CT molecular complexity index is 1190. The predicted molar refractivity (Wildman–Crippen MR) is 134 cm³/mol. The first-order chi connectivity index (χ1) is 16.4. The Hall–Kier alpha value is -3.93. The normalized spacial score (nSPS) is 15.3. The number of carbonyl (C=O) groups is 3. The van der Waals surface area contributed by atoms with E-state index in [0.717, 1.165) is 23.2 Å². The molecular formula is C28H29N3O3. The number of anilines is 2. The third-order valence-corrected chi connectivity index (χ3v) is 6.16. The van der Waals surface area contributed by atoms with Crippen LogP contribution >= 0.6 is 0 Å². The average Bonchev–Trinajstić information content (AvgIpc) is 3.25. The molecule has 4 rings (SSSR count). The number of benzene rings is 3. The van der Waals surface area contributed by atoms with Gasteiger partial charge in [0.2, 0.25) is 11.8 Å². The summed E-state index contributed by atoms with van der Waals surface area (Å²) in [6.45, 7) is 4.81. The summed E-state index contributed by atoms with van der Waals surface area (Å²) in [5.74, 6) is -1.09. The molecule has 0 spiro atoms. The number of para-hydroxylation sites is 1. The van der Waals surface area contributed by atoms with E-state index < -0.39 is 5.92 Å². The molecule has 0 unspecified atom stereocenters. The van der Waals surface area contributed by atoms with Crippen molar-refractivity contribution in [3.05, 3.63) is 95.1 Å². The summed E-state index contributed by atoms with van der Waals surface area (Å²) in [4.78, 5) is 40.1. The van der Waals surface area contributed by atoms with Gasteiger partial charge in [-0.2, -0.15) is 0 Å². The fraction of sp³-hybridized carbons (Fsp3) is 0.250. The van der Waals surface area contributed by atoms with Crippen LogP contribution in [0.5, 0.6) is 0 Å². The van der Waals surface area contributed by atoms with Crippen molar-refractivity contribution < 1.29 is 14.4 Å². The second-order valence-corrected chi connectivity index (χ2v) is 8.63. The van der Waals surface area contributed by atoms with Gasteiger partial charge in [-0.3, -0.25) is 14.4 Å². The van der Waals surface area contributed by atoms with Crippen molar-refractivity contribution in [2.45, 2.75) is 33.2 Å². The molecule has 3 aromatic carbocycles. The lowest BCUT2D eigenvalue weighted by Gasteiger charge is -2.17. The maximum atomic E-state index is 13.0. The largest absolute Gasteiger partial charge is 0.348 e. The zero-order valence-electron chi connectivity index (χ0n) is 19.5. The van der Waals surface area contributed by atoms with E-state index in [2.05, 4.69) is 17.6 Å². The number of nitrogens with zero attached hydrogens (tertiary/aromatic N) is 1. The summed E-state index contributed by atoms with van der Waals surface area (Å²) >= 11 is 0. The molecule has 0 aromatic heterocycles. The third-order valence-electron chi connectivity index (χ3n) is 6.16. The second-order valence-electron chi connectivity index (χ2n) is 8.63. The van der Waals surface area contributed by atoms with Crippen molar-refractivity contribution in [1.82, 2.24) is 5.32 Å². The Labute approximate surface area is 200 Å². The average molecular weight is 456 g/mol. The van der Waals surface area contributed by atoms with Crippen molar-refractivity contribution in [3.8, 4) is 0 Å². The molecule has 3 amide bonds. The highest BCUT2D eigenvalue weighted by Crippen LogP contribution is 2.27. The van der Waals surface area contributed by atoms with Crippen molar-refractivity contribution in [3.63, 3.8) is 0 Å². The standard InChI is InChI=1S/C28H29N3O3/c1-3-20-12-14-23(15-13-20)31-18-22(16-26(31)32)27(33)30-25-7-5-4-6-24(25)28(34)29-17-21-10-8-19(2)9-11-21/h4-15,22H,3,16-18H2,1-2H3,(H,29,34)(H,30,33)/t22-/m1/s1. The quantitative estimate of drug-likeness (QED) is 0.551. The molecule has 2 N–H and O–H groups in total. The molecule has 0 bridgehead atoms. The molecule has 1 heterocycles. The zero-order valence-corrected chi connectivity index (χ0v) is 19.5. The molecule has 174 valence electrons. The van der Waals surface area contributed by atoms with E-state index in [4.69, 9.17) is 0 Å². The smallest absolute Gasteiger partial charge is 0.253 e. The maximum Gasteiger partial charge on any atom is 0.253 e. The van der Waals surface area contributed by atoms with E-state index in [1.165, 1.54) is 5.56 Å². The predicted octanol–water partition coefficient (Wildman–Crippen LogP) is 4.48. The molecule has 1 aliphatic rings. The Balaban J connectivity index is 1.40. The SMILES string of the molecule is CCc1ccc(N2C[C@H](C(=O)Nc3ccccc3C(=O)NCc3ccc(C)cc3)CC2=O)cc1. The molecule has 6 heteroatoms. The lowest BCUT2D eigenvalue weighted by molar-refractivity contribution is -0.122. The maximum absolute atomic E-state index is 13.0. The number of hydrogen-bond acceptors (Lipinski definition) is 3. The van der Waals surface area contributed by atoms with Gasteiger partial charge >= 0.3 is 0 Å². The summed E-state index contributed by atoms with van der Waals surface area (Å²) in [7, 11) is 0. The molecule has 0 radical (unpaired) electrons. The van der Waals surface area contributed by atoms with Gasteiger partial charge in [-0.15, -0.1) is 0 Å². The fourth-order valence-electron chi connectivity index (χ4n) is 4.05. The van der Waals surface area contributed by atoms with Gasteiger partial charge in [-0.1, -0.05) is 61.0 Å². The summed E-state index contributed by atoms with van der Waals surface area (Å²) in [5, 5.41) is 5.78. The summed E-state index contributed by atoms with van der Waals surface area (Å²) in [6, 6.07) is 22.7. The van der Waals surface area contributed by atoms with Crippen LogP contribution in [-0.2, 0) is 22.6 Å². The van der Waals surface area contributed by atoms with Crippen molar-refractivity contribution in [2.24, 2.45) is 5.92 Å². The highest BCUT2D eigenvalue weighted by Gasteiger charge is 2.35. The lowest BCUT2D eigenvalue weighted by atomic mass is 10.1. The first kappa shape index (κ1) is 23.2. The number of nitrogens with one attached hydrogen (secondary N) is 2.